The summed E-state index contributed by atoms with van der Waals surface area (Å²) < 4.78 is 4.44. The predicted octanol–water partition coefficient (Wildman–Crippen LogP) is -3.05. The molecule has 0 radical (unpaired) electrons. The van der Waals surface area contributed by atoms with E-state index in [1.54, 1.807) is 39.5 Å². The van der Waals surface area contributed by atoms with E-state index in [1.807, 2.05) is 0 Å². The average molecular weight is 443 g/mol. The Morgan fingerprint density at radius 2 is 1.39 bits per heavy atom. The molecule has 0 aromatic heterocycles. The number of carbonyl (C=O) groups excluding carboxylic acids is 1. The Bertz CT molecular complexity index is 299. The maximum absolute atomic E-state index is 10.4. The van der Waals surface area contributed by atoms with Gasteiger partial charge in [0, 0.05) is 19.2 Å². The molecule has 0 aliphatic rings. The summed E-state index contributed by atoms with van der Waals surface area (Å²) >= 11 is 0. The zero-order chi connectivity index (χ0) is 22.3. The van der Waals surface area contributed by atoms with Crippen LogP contribution < -0.4 is 20.4 Å². The quantitative estimate of drug-likeness (QED) is 0.172. The van der Waals surface area contributed by atoms with Crippen molar-refractivity contribution >= 4 is 5.97 Å². The predicted molar refractivity (Wildman–Crippen MR) is 96.1 cm³/mol. The number of esters is 1. The maximum Gasteiger partial charge on any atom is 4.00 e. The molecule has 10 heteroatoms. The van der Waals surface area contributed by atoms with Crippen molar-refractivity contribution in [3.8, 4) is 0 Å². The van der Waals surface area contributed by atoms with Gasteiger partial charge in [0.25, 0.3) is 0 Å². The Balaban J connectivity index is -0.0000000898. The van der Waals surface area contributed by atoms with Crippen molar-refractivity contribution in [1.82, 2.24) is 4.90 Å². The Labute approximate surface area is 184 Å². The van der Waals surface area contributed by atoms with Crippen molar-refractivity contribution in [1.29, 1.82) is 0 Å². The minimum Gasteiger partial charge on any atom is -0.875 e. The van der Waals surface area contributed by atoms with Crippen LogP contribution in [0.3, 0.4) is 0 Å². The second-order valence-electron chi connectivity index (χ2n) is 5.60. The van der Waals surface area contributed by atoms with E-state index in [0.717, 1.165) is 6.08 Å². The van der Waals surface area contributed by atoms with Gasteiger partial charge < -0.3 is 40.3 Å². The molecule has 2 N–H and O–H groups in total. The van der Waals surface area contributed by atoms with Crippen LogP contribution in [0.4, 0.5) is 0 Å². The van der Waals surface area contributed by atoms with Gasteiger partial charge in [0.05, 0.1) is 19.8 Å². The maximum atomic E-state index is 10.4. The van der Waals surface area contributed by atoms with Crippen LogP contribution in [0.25, 0.3) is 0 Å². The monoisotopic (exact) mass is 443 g/mol. The first-order valence-corrected chi connectivity index (χ1v) is 8.84. The van der Waals surface area contributed by atoms with Gasteiger partial charge in [-0.25, -0.2) is 4.79 Å². The van der Waals surface area contributed by atoms with Gasteiger partial charge in [-0.1, -0.05) is 34.6 Å². The van der Waals surface area contributed by atoms with Gasteiger partial charge in [-0.15, -0.1) is 24.6 Å². The van der Waals surface area contributed by atoms with Crippen LogP contribution in [0, 0.1) is 0 Å². The van der Waals surface area contributed by atoms with Gasteiger partial charge >= 0.3 is 27.7 Å². The summed E-state index contributed by atoms with van der Waals surface area (Å²) in [7, 11) is 0. The van der Waals surface area contributed by atoms with E-state index in [-0.39, 0.29) is 47.3 Å². The Hall–Kier alpha value is -0.516. The van der Waals surface area contributed by atoms with E-state index < -0.39 is 18.2 Å². The van der Waals surface area contributed by atoms with E-state index in [9.17, 15) is 25.2 Å². The number of aliphatic hydroxyl groups excluding tert-OH is 2. The minimum atomic E-state index is -0.565. The van der Waals surface area contributed by atoms with E-state index in [1.165, 1.54) is 6.92 Å². The van der Waals surface area contributed by atoms with Crippen molar-refractivity contribution in [2.75, 3.05) is 46.1 Å². The number of hydrogen-bond acceptors (Lipinski definition) is 9. The molecule has 0 bridgehead atoms. The van der Waals surface area contributed by atoms with E-state index >= 15 is 0 Å². The van der Waals surface area contributed by atoms with Gasteiger partial charge in [-0.05, 0) is 13.5 Å². The molecular weight excluding hydrogens is 406 g/mol. The number of carbonyl (C=O) groups is 1. The molecule has 0 aliphatic carbocycles. The van der Waals surface area contributed by atoms with Gasteiger partial charge in [-0.3, -0.25) is 0 Å². The Morgan fingerprint density at radius 3 is 1.61 bits per heavy atom. The van der Waals surface area contributed by atoms with Gasteiger partial charge in [0.1, 0.15) is 0 Å². The third kappa shape index (κ3) is 63.7. The smallest absolute Gasteiger partial charge is 0.875 e. The molecule has 28 heavy (non-hydrogen) atoms. The minimum absolute atomic E-state index is 0. The number of aliphatic hydroxyl groups is 2. The van der Waals surface area contributed by atoms with E-state index in [2.05, 4.69) is 4.74 Å². The molecule has 9 nitrogen and oxygen atoms in total. The van der Waals surface area contributed by atoms with Crippen LogP contribution in [-0.4, -0.2) is 79.4 Å². The summed E-state index contributed by atoms with van der Waals surface area (Å²) in [6.07, 6.45) is 0.0868. The standard InChI is InChI=1S/C6H14NO3.C6H10O3.2C3H7O.Ti/c8-4-1-7(2-5-9)3-6-10;1-3-9-6(8)4-5(2)7;2*1-3(2)4;/h8-9H,1-6H2;4,7H,3H2,1-2H3;2*3H,1-2H3;/q-1;;2*-1;+4/p-1. The Kier molecular flexibility index (Phi) is 42.5. The van der Waals surface area contributed by atoms with Crippen molar-refractivity contribution < 1.29 is 61.9 Å². The number of hydrogen-bond donors (Lipinski definition) is 2. The summed E-state index contributed by atoms with van der Waals surface area (Å²) in [5.41, 5.74) is 0. The van der Waals surface area contributed by atoms with Crippen LogP contribution in [0.15, 0.2) is 11.8 Å². The zero-order valence-corrected chi connectivity index (χ0v) is 19.5. The molecule has 0 heterocycles. The number of rotatable bonds is 8. The van der Waals surface area contributed by atoms with Crippen LogP contribution in [0.2, 0.25) is 0 Å². The first-order valence-electron chi connectivity index (χ1n) is 8.84. The molecule has 0 amide bonds. The largest absolute Gasteiger partial charge is 4.00 e. The molecule has 0 saturated carbocycles. The molecule has 166 valence electrons. The molecule has 0 aromatic rings. The van der Waals surface area contributed by atoms with E-state index in [4.69, 9.17) is 10.2 Å². The number of ether oxygens (including phenoxy) is 1. The van der Waals surface area contributed by atoms with Crippen molar-refractivity contribution in [2.45, 2.75) is 53.8 Å². The summed E-state index contributed by atoms with van der Waals surface area (Å²) in [6.45, 7) is 11.0. The molecule has 0 aromatic carbocycles. The molecule has 0 atom stereocenters. The number of nitrogens with zero attached hydrogens (tertiary/aromatic N) is 1. The van der Waals surface area contributed by atoms with Crippen molar-refractivity contribution in [3.05, 3.63) is 11.8 Å². The molecule has 0 unspecified atom stereocenters. The van der Waals surface area contributed by atoms with Crippen molar-refractivity contribution in [3.63, 3.8) is 0 Å². The van der Waals surface area contributed by atoms with Gasteiger partial charge in [-0.2, -0.15) is 0 Å². The Morgan fingerprint density at radius 1 is 1.04 bits per heavy atom. The molecule has 0 saturated heterocycles. The van der Waals surface area contributed by atoms with Crippen LogP contribution in [0.5, 0.6) is 0 Å². The number of allylic oxidation sites excluding steroid dienone is 1. The third-order valence-electron chi connectivity index (χ3n) is 1.85. The molecule has 0 aliphatic heterocycles. The van der Waals surface area contributed by atoms with Crippen molar-refractivity contribution in [2.24, 2.45) is 0 Å². The SMILES string of the molecule is CC(C)[O-].CC(C)[O-].CCOC(=O)C=C(C)[O-].[O-]CCN(CCO)CCO.[Ti+4]. The summed E-state index contributed by atoms with van der Waals surface area (Å²) in [5.74, 6) is -0.849. The molecule has 0 fully saturated rings. The average Bonchev–Trinajstić information content (AvgIpc) is 2.47. The van der Waals surface area contributed by atoms with E-state index in [0.29, 0.717) is 26.2 Å². The molecular formula is C18H37NO8Ti. The van der Waals surface area contributed by atoms with Crippen LogP contribution in [0.1, 0.15) is 41.5 Å². The molecule has 0 rings (SSSR count). The first kappa shape index (κ1) is 38.1. The molecule has 0 spiro atoms. The zero-order valence-electron chi connectivity index (χ0n) is 18.0. The fraction of sp³-hybridized carbons (Fsp3) is 0.833. The topological polar surface area (TPSA) is 162 Å². The van der Waals surface area contributed by atoms with Gasteiger partial charge in [0.2, 0.25) is 0 Å². The second-order valence-corrected chi connectivity index (χ2v) is 5.60. The summed E-state index contributed by atoms with van der Waals surface area (Å²) in [5, 5.41) is 56.2. The fourth-order valence-corrected chi connectivity index (χ4v) is 1.10. The van der Waals surface area contributed by atoms with Crippen LogP contribution >= 0.6 is 0 Å². The fourth-order valence-electron chi connectivity index (χ4n) is 1.10. The third-order valence-corrected chi connectivity index (χ3v) is 1.85. The summed E-state index contributed by atoms with van der Waals surface area (Å²) in [6, 6.07) is 0. The first-order chi connectivity index (χ1) is 12.5. The van der Waals surface area contributed by atoms with Gasteiger partial charge in [0.15, 0.2) is 0 Å². The summed E-state index contributed by atoms with van der Waals surface area (Å²) in [4.78, 5) is 12.1. The van der Waals surface area contributed by atoms with Crippen LogP contribution in [-0.2, 0) is 31.2 Å². The second kappa shape index (κ2) is 31.2. The normalized spacial score (nSPS) is 10.0.